The summed E-state index contributed by atoms with van der Waals surface area (Å²) in [6, 6.07) is 9.10. The number of primary amides is 2. The van der Waals surface area contributed by atoms with Crippen molar-refractivity contribution in [1.82, 2.24) is 14.3 Å². The molecule has 10 nitrogen and oxygen atoms in total. The van der Waals surface area contributed by atoms with Crippen molar-refractivity contribution >= 4 is 45.7 Å². The van der Waals surface area contributed by atoms with Gasteiger partial charge in [-0.3, -0.25) is 9.59 Å². The predicted octanol–water partition coefficient (Wildman–Crippen LogP) is 3.95. The SMILES string of the molecule is CC.CN(C)c1cccc(C(N)=O)c1.Cc1cc(Nc2nc(N3CCCCC3)cnc2C(N)=O)sn1. The van der Waals surface area contributed by atoms with Crippen molar-refractivity contribution in [2.24, 2.45) is 11.5 Å². The van der Waals surface area contributed by atoms with Gasteiger partial charge in [-0.05, 0) is 62.0 Å². The van der Waals surface area contributed by atoms with E-state index in [9.17, 15) is 9.59 Å². The van der Waals surface area contributed by atoms with Crippen LogP contribution in [-0.2, 0) is 0 Å². The fraction of sp³-hybridized carbons (Fsp3) is 0.400. The van der Waals surface area contributed by atoms with Crippen LogP contribution in [0.1, 0.15) is 59.7 Å². The summed E-state index contributed by atoms with van der Waals surface area (Å²) >= 11 is 1.31. The van der Waals surface area contributed by atoms with Crippen molar-refractivity contribution in [3.05, 3.63) is 53.5 Å². The Balaban J connectivity index is 0.000000277. The smallest absolute Gasteiger partial charge is 0.271 e. The monoisotopic (exact) mass is 512 g/mol. The molecule has 0 saturated carbocycles. The van der Waals surface area contributed by atoms with Gasteiger partial charge in [0.2, 0.25) is 5.91 Å². The normalized spacial score (nSPS) is 12.4. The van der Waals surface area contributed by atoms with Gasteiger partial charge in [0.15, 0.2) is 11.5 Å². The quantitative estimate of drug-likeness (QED) is 0.450. The number of nitrogens with two attached hydrogens (primary N) is 2. The van der Waals surface area contributed by atoms with Crippen molar-refractivity contribution in [2.45, 2.75) is 40.0 Å². The number of amides is 2. The van der Waals surface area contributed by atoms with Crippen LogP contribution in [0.5, 0.6) is 0 Å². The molecule has 0 radical (unpaired) electrons. The summed E-state index contributed by atoms with van der Waals surface area (Å²) in [4.78, 5) is 35.2. The third kappa shape index (κ3) is 8.19. The molecule has 1 aliphatic rings. The highest BCUT2D eigenvalue weighted by Crippen LogP contribution is 2.25. The van der Waals surface area contributed by atoms with Crippen molar-refractivity contribution in [1.29, 1.82) is 0 Å². The van der Waals surface area contributed by atoms with Crippen LogP contribution < -0.4 is 26.6 Å². The molecule has 5 N–H and O–H groups in total. The maximum absolute atomic E-state index is 11.6. The van der Waals surface area contributed by atoms with Crippen LogP contribution >= 0.6 is 11.5 Å². The Morgan fingerprint density at radius 2 is 1.75 bits per heavy atom. The lowest BCUT2D eigenvalue weighted by Crippen LogP contribution is -2.30. The van der Waals surface area contributed by atoms with Crippen LogP contribution in [-0.4, -0.2) is 53.3 Å². The minimum absolute atomic E-state index is 0.145. The highest BCUT2D eigenvalue weighted by Gasteiger charge is 2.18. The van der Waals surface area contributed by atoms with Gasteiger partial charge in [-0.2, -0.15) is 4.37 Å². The molecule has 194 valence electrons. The lowest BCUT2D eigenvalue weighted by Gasteiger charge is -2.27. The molecule has 4 rings (SSSR count). The second kappa shape index (κ2) is 14.0. The molecule has 0 unspecified atom stereocenters. The number of rotatable bonds is 6. The minimum Gasteiger partial charge on any atom is -0.378 e. The molecule has 1 fully saturated rings. The molecule has 2 amide bonds. The van der Waals surface area contributed by atoms with Gasteiger partial charge in [0.25, 0.3) is 5.91 Å². The summed E-state index contributed by atoms with van der Waals surface area (Å²) in [6.45, 7) is 7.83. The topological polar surface area (TPSA) is 143 Å². The Bertz CT molecular complexity index is 1140. The van der Waals surface area contributed by atoms with Crippen LogP contribution in [0.3, 0.4) is 0 Å². The van der Waals surface area contributed by atoms with E-state index < -0.39 is 11.8 Å². The Morgan fingerprint density at radius 1 is 1.06 bits per heavy atom. The van der Waals surface area contributed by atoms with E-state index >= 15 is 0 Å². The van der Waals surface area contributed by atoms with Gasteiger partial charge < -0.3 is 26.6 Å². The maximum Gasteiger partial charge on any atom is 0.271 e. The number of benzene rings is 1. The standard InChI is InChI=1S/C14H18N6OS.C9H12N2O.C2H6/c1-9-7-11(22-19-9)18-14-12(13(15)21)16-8-10(17-14)20-5-3-2-4-6-20;1-11(2)8-5-3-4-7(6-8)9(10)12;1-2/h7-8H,2-6H2,1H3,(H2,15,21)(H,17,18);3-6H,1-2H3,(H2,10,12);1-2H3. The number of aromatic nitrogens is 3. The second-order valence-electron chi connectivity index (χ2n) is 8.10. The first-order valence-electron chi connectivity index (χ1n) is 11.9. The number of carbonyl (C=O) groups excluding carboxylic acids is 2. The molecule has 1 saturated heterocycles. The highest BCUT2D eigenvalue weighted by atomic mass is 32.1. The summed E-state index contributed by atoms with van der Waals surface area (Å²) < 4.78 is 4.20. The summed E-state index contributed by atoms with van der Waals surface area (Å²) in [5.74, 6) is 0.174. The molecule has 0 bridgehead atoms. The van der Waals surface area contributed by atoms with Crippen molar-refractivity contribution in [3.8, 4) is 0 Å². The van der Waals surface area contributed by atoms with Gasteiger partial charge in [0.05, 0.1) is 11.9 Å². The molecule has 1 aliphatic heterocycles. The zero-order chi connectivity index (χ0) is 26.7. The van der Waals surface area contributed by atoms with Gasteiger partial charge in [-0.25, -0.2) is 9.97 Å². The zero-order valence-corrected chi connectivity index (χ0v) is 22.4. The lowest BCUT2D eigenvalue weighted by molar-refractivity contribution is 0.0989. The fourth-order valence-electron chi connectivity index (χ4n) is 3.40. The number of anilines is 4. The molecule has 3 aromatic rings. The maximum atomic E-state index is 11.6. The number of piperidine rings is 1. The molecule has 3 heterocycles. The number of nitrogens with zero attached hydrogens (tertiary/aromatic N) is 5. The third-order valence-corrected chi connectivity index (χ3v) is 5.99. The average Bonchev–Trinajstić information content (AvgIpc) is 3.30. The zero-order valence-electron chi connectivity index (χ0n) is 21.6. The molecular weight excluding hydrogens is 476 g/mol. The van der Waals surface area contributed by atoms with Crippen molar-refractivity contribution in [2.75, 3.05) is 42.3 Å². The Labute approximate surface area is 216 Å². The summed E-state index contributed by atoms with van der Waals surface area (Å²) in [5.41, 5.74) is 13.1. The predicted molar refractivity (Wildman–Crippen MR) is 147 cm³/mol. The molecular formula is C25H36N8O2S. The number of hydrogen-bond acceptors (Lipinski definition) is 9. The average molecular weight is 513 g/mol. The van der Waals surface area contributed by atoms with E-state index in [2.05, 4.69) is 24.6 Å². The molecule has 1 aromatic carbocycles. The van der Waals surface area contributed by atoms with Crippen molar-refractivity contribution < 1.29 is 9.59 Å². The summed E-state index contributed by atoms with van der Waals surface area (Å²) in [5, 5.41) is 3.92. The van der Waals surface area contributed by atoms with Crippen LogP contribution in [0, 0.1) is 6.92 Å². The number of hydrogen-bond donors (Lipinski definition) is 3. The van der Waals surface area contributed by atoms with Crippen molar-refractivity contribution in [3.63, 3.8) is 0 Å². The first kappa shape index (κ1) is 28.5. The third-order valence-electron chi connectivity index (χ3n) is 5.19. The molecule has 0 spiro atoms. The van der Waals surface area contributed by atoms with E-state index in [1.807, 2.05) is 58.0 Å². The first-order chi connectivity index (χ1) is 17.2. The summed E-state index contributed by atoms with van der Waals surface area (Å²) in [6.07, 6.45) is 5.16. The molecule has 11 heteroatoms. The second-order valence-corrected chi connectivity index (χ2v) is 8.91. The Morgan fingerprint density at radius 3 is 2.31 bits per heavy atom. The van der Waals surface area contributed by atoms with Crippen LogP contribution in [0.25, 0.3) is 0 Å². The number of aryl methyl sites for hydroxylation is 1. The molecule has 0 aliphatic carbocycles. The Hall–Kier alpha value is -3.73. The molecule has 0 atom stereocenters. The van der Waals surface area contributed by atoms with Crippen LogP contribution in [0.2, 0.25) is 0 Å². The van der Waals surface area contributed by atoms with Crippen LogP contribution in [0.15, 0.2) is 36.5 Å². The minimum atomic E-state index is -0.596. The van der Waals surface area contributed by atoms with E-state index in [0.717, 1.165) is 48.1 Å². The number of nitrogens with one attached hydrogen (secondary N) is 1. The van der Waals surface area contributed by atoms with Gasteiger partial charge in [-0.1, -0.05) is 19.9 Å². The summed E-state index contributed by atoms with van der Waals surface area (Å²) in [7, 11) is 3.83. The highest BCUT2D eigenvalue weighted by molar-refractivity contribution is 7.10. The van der Waals surface area contributed by atoms with Gasteiger partial charge in [0.1, 0.15) is 10.8 Å². The van der Waals surface area contributed by atoms with Gasteiger partial charge in [-0.15, -0.1) is 0 Å². The fourth-order valence-corrected chi connectivity index (χ4v) is 4.06. The van der Waals surface area contributed by atoms with E-state index in [-0.39, 0.29) is 5.69 Å². The largest absolute Gasteiger partial charge is 0.378 e. The molecule has 36 heavy (non-hydrogen) atoms. The molecule has 2 aromatic heterocycles. The lowest BCUT2D eigenvalue weighted by atomic mass is 10.1. The van der Waals surface area contributed by atoms with Gasteiger partial charge in [0, 0.05) is 38.4 Å². The van der Waals surface area contributed by atoms with Crippen LogP contribution in [0.4, 0.5) is 22.3 Å². The van der Waals surface area contributed by atoms with E-state index in [4.69, 9.17) is 11.5 Å². The first-order valence-corrected chi connectivity index (χ1v) is 12.7. The van der Waals surface area contributed by atoms with E-state index in [1.54, 1.807) is 18.3 Å². The Kier molecular flexibility index (Phi) is 11.1. The van der Waals surface area contributed by atoms with E-state index in [0.29, 0.717) is 11.4 Å². The van der Waals surface area contributed by atoms with E-state index in [1.165, 1.54) is 18.0 Å². The van der Waals surface area contributed by atoms with Gasteiger partial charge >= 0.3 is 0 Å². The number of carbonyl (C=O) groups is 2.